The lowest BCUT2D eigenvalue weighted by Crippen LogP contribution is -2.52. The molecule has 0 fully saturated rings. The molecule has 1 aliphatic rings. The summed E-state index contributed by atoms with van der Waals surface area (Å²) in [6.07, 6.45) is 1.40. The van der Waals surface area contributed by atoms with Crippen LogP contribution in [0.2, 0.25) is 0 Å². The second kappa shape index (κ2) is 3.74. The monoisotopic (exact) mass is 219 g/mol. The molecular weight excluding hydrogens is 206 g/mol. The topological polar surface area (TPSA) is 109 Å². The molecule has 1 aliphatic heterocycles. The average Bonchev–Trinajstić information content (AvgIpc) is 2.25. The van der Waals surface area contributed by atoms with Crippen molar-refractivity contribution in [3.63, 3.8) is 0 Å². The van der Waals surface area contributed by atoms with Gasteiger partial charge in [-0.2, -0.15) is 4.99 Å². The van der Waals surface area contributed by atoms with E-state index >= 15 is 0 Å². The first-order valence-corrected chi connectivity index (χ1v) is 4.74. The van der Waals surface area contributed by atoms with Crippen molar-refractivity contribution in [2.45, 2.75) is 5.97 Å². The van der Waals surface area contributed by atoms with Gasteiger partial charge in [0.1, 0.15) is 5.84 Å². The lowest BCUT2D eigenvalue weighted by atomic mass is 10.3. The van der Waals surface area contributed by atoms with Gasteiger partial charge < -0.3 is 27.2 Å². The van der Waals surface area contributed by atoms with Gasteiger partial charge in [0.25, 0.3) is 0 Å². The molecule has 0 aliphatic carbocycles. The lowest BCUT2D eigenvalue weighted by molar-refractivity contribution is 0.0559. The van der Waals surface area contributed by atoms with Crippen molar-refractivity contribution in [1.82, 2.24) is 5.32 Å². The Hall–Kier alpha value is -2.21. The quantitative estimate of drug-likeness (QED) is 0.429. The van der Waals surface area contributed by atoms with Crippen molar-refractivity contribution in [2.24, 2.45) is 16.5 Å². The molecule has 1 aromatic carbocycles. The Kier molecular flexibility index (Phi) is 2.41. The number of hydrogen-bond acceptors (Lipinski definition) is 6. The van der Waals surface area contributed by atoms with Crippen molar-refractivity contribution in [3.05, 3.63) is 42.2 Å². The summed E-state index contributed by atoms with van der Waals surface area (Å²) in [5.41, 5.74) is 12.0. The number of aliphatic imine (C=N–C) groups is 1. The van der Waals surface area contributed by atoms with Crippen LogP contribution in [0.25, 0.3) is 0 Å². The molecule has 0 saturated heterocycles. The minimum atomic E-state index is -1.66. The number of amidine groups is 1. The summed E-state index contributed by atoms with van der Waals surface area (Å²) in [5, 5.41) is 15.4. The SMILES string of the molecule is NC1=CNC(O)(Nc2ccccc2)N=C1N. The Bertz CT molecular complexity index is 442. The molecule has 1 atom stereocenters. The Labute approximate surface area is 92.7 Å². The van der Waals surface area contributed by atoms with Crippen LogP contribution in [0.15, 0.2) is 47.2 Å². The van der Waals surface area contributed by atoms with Gasteiger partial charge in [0.15, 0.2) is 0 Å². The van der Waals surface area contributed by atoms with Gasteiger partial charge >= 0.3 is 5.97 Å². The van der Waals surface area contributed by atoms with Crippen molar-refractivity contribution in [3.8, 4) is 0 Å². The minimum absolute atomic E-state index is 0.0877. The van der Waals surface area contributed by atoms with Crippen LogP contribution in [0.5, 0.6) is 0 Å². The van der Waals surface area contributed by atoms with Crippen LogP contribution in [-0.4, -0.2) is 16.9 Å². The molecule has 0 spiro atoms. The van der Waals surface area contributed by atoms with E-state index in [0.717, 1.165) is 0 Å². The third-order valence-corrected chi connectivity index (χ3v) is 2.10. The molecule has 16 heavy (non-hydrogen) atoms. The van der Waals surface area contributed by atoms with E-state index in [-0.39, 0.29) is 5.84 Å². The zero-order chi connectivity index (χ0) is 11.6. The number of hydrogen-bond donors (Lipinski definition) is 5. The van der Waals surface area contributed by atoms with Gasteiger partial charge in [0, 0.05) is 11.9 Å². The summed E-state index contributed by atoms with van der Waals surface area (Å²) in [6.45, 7) is 0. The highest BCUT2D eigenvalue weighted by Gasteiger charge is 2.28. The maximum atomic E-state index is 10.0. The van der Waals surface area contributed by atoms with E-state index < -0.39 is 5.97 Å². The van der Waals surface area contributed by atoms with Gasteiger partial charge in [0.05, 0.1) is 5.70 Å². The molecule has 0 radical (unpaired) electrons. The molecule has 6 heteroatoms. The van der Waals surface area contributed by atoms with Crippen LogP contribution >= 0.6 is 0 Å². The number of nitrogens with two attached hydrogens (primary N) is 2. The smallest absolute Gasteiger partial charge is 0.321 e. The summed E-state index contributed by atoms with van der Waals surface area (Å²) in [7, 11) is 0. The number of rotatable bonds is 2. The molecular formula is C10H13N5O. The average molecular weight is 219 g/mol. The Balaban J connectivity index is 2.17. The minimum Gasteiger partial charge on any atom is -0.395 e. The van der Waals surface area contributed by atoms with Crippen LogP contribution in [0.4, 0.5) is 5.69 Å². The summed E-state index contributed by atoms with van der Waals surface area (Å²) in [5.74, 6) is -1.57. The van der Waals surface area contributed by atoms with Crippen LogP contribution in [0.1, 0.15) is 0 Å². The predicted molar refractivity (Wildman–Crippen MR) is 62.0 cm³/mol. The third kappa shape index (κ3) is 2.06. The van der Waals surface area contributed by atoms with E-state index in [4.69, 9.17) is 11.5 Å². The summed E-state index contributed by atoms with van der Waals surface area (Å²) in [6, 6.07) is 9.15. The van der Waals surface area contributed by atoms with Crippen molar-refractivity contribution in [2.75, 3.05) is 5.32 Å². The Morgan fingerprint density at radius 3 is 2.56 bits per heavy atom. The van der Waals surface area contributed by atoms with E-state index in [2.05, 4.69) is 15.6 Å². The second-order valence-corrected chi connectivity index (χ2v) is 3.40. The molecule has 6 nitrogen and oxygen atoms in total. The normalized spacial score (nSPS) is 24.1. The molecule has 1 unspecified atom stereocenters. The first-order valence-electron chi connectivity index (χ1n) is 4.74. The number of anilines is 1. The number of nitrogens with zero attached hydrogens (tertiary/aromatic N) is 1. The first-order chi connectivity index (χ1) is 7.59. The number of para-hydroxylation sites is 1. The maximum Gasteiger partial charge on any atom is 0.321 e. The van der Waals surface area contributed by atoms with Crippen LogP contribution in [0, 0.1) is 0 Å². The largest absolute Gasteiger partial charge is 0.395 e. The van der Waals surface area contributed by atoms with Gasteiger partial charge in [-0.05, 0) is 12.1 Å². The van der Waals surface area contributed by atoms with Gasteiger partial charge in [0.2, 0.25) is 0 Å². The predicted octanol–water partition coefficient (Wildman–Crippen LogP) is -0.537. The Morgan fingerprint density at radius 1 is 1.25 bits per heavy atom. The van der Waals surface area contributed by atoms with Gasteiger partial charge in [-0.25, -0.2) is 0 Å². The number of nitrogens with one attached hydrogen (secondary N) is 2. The maximum absolute atomic E-state index is 10.0. The lowest BCUT2D eigenvalue weighted by Gasteiger charge is -2.29. The molecule has 1 aromatic rings. The van der Waals surface area contributed by atoms with E-state index in [1.54, 1.807) is 12.1 Å². The summed E-state index contributed by atoms with van der Waals surface area (Å²) in [4.78, 5) is 3.82. The van der Waals surface area contributed by atoms with Crippen molar-refractivity contribution >= 4 is 11.5 Å². The molecule has 0 aromatic heterocycles. The zero-order valence-corrected chi connectivity index (χ0v) is 8.51. The van der Waals surface area contributed by atoms with E-state index in [0.29, 0.717) is 11.4 Å². The molecule has 84 valence electrons. The highest BCUT2D eigenvalue weighted by atomic mass is 16.3. The van der Waals surface area contributed by atoms with Crippen LogP contribution in [-0.2, 0) is 0 Å². The molecule has 7 N–H and O–H groups in total. The van der Waals surface area contributed by atoms with Gasteiger partial charge in [-0.3, -0.25) is 0 Å². The molecule has 0 saturated carbocycles. The van der Waals surface area contributed by atoms with Crippen molar-refractivity contribution < 1.29 is 5.11 Å². The van der Waals surface area contributed by atoms with Crippen LogP contribution < -0.4 is 22.1 Å². The van der Waals surface area contributed by atoms with E-state index in [9.17, 15) is 5.11 Å². The standard InChI is InChI=1S/C10H13N5O/c11-8-6-13-10(16,15-9(8)12)14-7-4-2-1-3-5-7/h1-6,13-14,16H,11H2,(H2,12,15). The van der Waals surface area contributed by atoms with Gasteiger partial charge in [-0.1, -0.05) is 18.2 Å². The fourth-order valence-corrected chi connectivity index (χ4v) is 1.31. The van der Waals surface area contributed by atoms with Gasteiger partial charge in [-0.15, -0.1) is 0 Å². The fraction of sp³-hybridized carbons (Fsp3) is 0.100. The van der Waals surface area contributed by atoms with Crippen LogP contribution in [0.3, 0.4) is 0 Å². The molecule has 1 heterocycles. The first kappa shape index (κ1) is 10.3. The number of aliphatic hydroxyl groups is 1. The highest BCUT2D eigenvalue weighted by molar-refractivity contribution is 5.96. The number of benzene rings is 1. The molecule has 0 amide bonds. The summed E-state index contributed by atoms with van der Waals surface area (Å²) >= 11 is 0. The third-order valence-electron chi connectivity index (χ3n) is 2.10. The van der Waals surface area contributed by atoms with E-state index in [1.807, 2.05) is 18.2 Å². The van der Waals surface area contributed by atoms with E-state index in [1.165, 1.54) is 6.20 Å². The Morgan fingerprint density at radius 2 is 1.94 bits per heavy atom. The summed E-state index contributed by atoms with van der Waals surface area (Å²) < 4.78 is 0. The second-order valence-electron chi connectivity index (χ2n) is 3.40. The highest BCUT2D eigenvalue weighted by Crippen LogP contribution is 2.14. The zero-order valence-electron chi connectivity index (χ0n) is 8.51. The molecule has 0 bridgehead atoms. The van der Waals surface area contributed by atoms with Crippen molar-refractivity contribution in [1.29, 1.82) is 0 Å². The fourth-order valence-electron chi connectivity index (χ4n) is 1.31. The molecule has 2 rings (SSSR count).